The Morgan fingerprint density at radius 3 is 3.20 bits per heavy atom. The first-order valence-corrected chi connectivity index (χ1v) is 3.66. The summed E-state index contributed by atoms with van der Waals surface area (Å²) in [5, 5.41) is 7.47. The molecule has 2 heterocycles. The van der Waals surface area contributed by atoms with E-state index in [0.29, 0.717) is 6.04 Å². The molecule has 10 heavy (non-hydrogen) atoms. The first kappa shape index (κ1) is 5.92. The fraction of sp³-hybridized carbons (Fsp3) is 0.571. The van der Waals surface area contributed by atoms with E-state index in [1.54, 1.807) is 0 Å². The second-order valence-electron chi connectivity index (χ2n) is 2.63. The molecule has 54 valence electrons. The summed E-state index contributed by atoms with van der Waals surface area (Å²) in [5.41, 5.74) is 0. The van der Waals surface area contributed by atoms with Gasteiger partial charge in [0.2, 0.25) is 0 Å². The highest BCUT2D eigenvalue weighted by molar-refractivity contribution is 4.84. The maximum absolute atomic E-state index is 4.17. The molecule has 1 aliphatic heterocycles. The minimum absolute atomic E-state index is 0.593. The first-order chi connectivity index (χ1) is 4.97. The molecule has 0 radical (unpaired) electrons. The Hall–Kier alpha value is -0.830. The molecule has 2 rings (SSSR count). The van der Waals surface area contributed by atoms with Gasteiger partial charge in [0.25, 0.3) is 0 Å². The van der Waals surface area contributed by atoms with E-state index in [4.69, 9.17) is 0 Å². The second kappa shape index (κ2) is 2.42. The minimum atomic E-state index is 0.593. The first-order valence-electron chi connectivity index (χ1n) is 3.66. The minimum Gasteiger partial charge on any atom is -0.315 e. The van der Waals surface area contributed by atoms with Gasteiger partial charge in [0.1, 0.15) is 0 Å². The summed E-state index contributed by atoms with van der Waals surface area (Å²) >= 11 is 0. The van der Waals surface area contributed by atoms with Gasteiger partial charge in [-0.2, -0.15) is 5.10 Å². The van der Waals surface area contributed by atoms with Crippen LogP contribution in [0, 0.1) is 0 Å². The van der Waals surface area contributed by atoms with Crippen molar-refractivity contribution in [1.29, 1.82) is 0 Å². The molecule has 0 bridgehead atoms. The van der Waals surface area contributed by atoms with Crippen LogP contribution in [-0.4, -0.2) is 22.9 Å². The maximum atomic E-state index is 4.17. The van der Waals surface area contributed by atoms with Crippen LogP contribution in [0.1, 0.15) is 12.5 Å². The van der Waals surface area contributed by atoms with Gasteiger partial charge in [-0.15, -0.1) is 0 Å². The van der Waals surface area contributed by atoms with Gasteiger partial charge in [0.05, 0.1) is 6.04 Å². The topological polar surface area (TPSA) is 29.9 Å². The van der Waals surface area contributed by atoms with Gasteiger partial charge in [-0.05, 0) is 19.0 Å². The summed E-state index contributed by atoms with van der Waals surface area (Å²) in [6.07, 6.45) is 5.07. The van der Waals surface area contributed by atoms with Crippen molar-refractivity contribution in [3.05, 3.63) is 18.5 Å². The molecule has 1 fully saturated rings. The van der Waals surface area contributed by atoms with Crippen molar-refractivity contribution in [2.45, 2.75) is 12.5 Å². The summed E-state index contributed by atoms with van der Waals surface area (Å²) in [7, 11) is 0. The van der Waals surface area contributed by atoms with E-state index in [2.05, 4.69) is 10.4 Å². The fourth-order valence-corrected chi connectivity index (χ4v) is 1.36. The zero-order valence-electron chi connectivity index (χ0n) is 5.83. The molecule has 1 atom stereocenters. The maximum Gasteiger partial charge on any atom is 0.0655 e. The second-order valence-corrected chi connectivity index (χ2v) is 2.63. The van der Waals surface area contributed by atoms with Crippen molar-refractivity contribution in [3.63, 3.8) is 0 Å². The Morgan fingerprint density at radius 2 is 2.60 bits per heavy atom. The fourth-order valence-electron chi connectivity index (χ4n) is 1.36. The molecule has 1 saturated heterocycles. The van der Waals surface area contributed by atoms with Crippen LogP contribution in [0.25, 0.3) is 0 Å². The standard InChI is InChI=1S/C7H11N3/c1-3-9-10(5-1)7-2-4-8-6-7/h1,3,5,7-8H,2,4,6H2/t7-/m1/s1. The van der Waals surface area contributed by atoms with Gasteiger partial charge in [0, 0.05) is 18.9 Å². The van der Waals surface area contributed by atoms with Gasteiger partial charge >= 0.3 is 0 Å². The lowest BCUT2D eigenvalue weighted by molar-refractivity contribution is 0.491. The normalized spacial score (nSPS) is 25.4. The van der Waals surface area contributed by atoms with Gasteiger partial charge in [-0.1, -0.05) is 0 Å². The highest BCUT2D eigenvalue weighted by atomic mass is 15.3. The van der Waals surface area contributed by atoms with E-state index < -0.39 is 0 Å². The van der Waals surface area contributed by atoms with Crippen LogP contribution >= 0.6 is 0 Å². The van der Waals surface area contributed by atoms with E-state index in [0.717, 1.165) is 13.1 Å². The molecule has 0 aliphatic carbocycles. The summed E-state index contributed by atoms with van der Waals surface area (Å²) in [4.78, 5) is 0. The average Bonchev–Trinajstić information content (AvgIpc) is 2.59. The molecule has 3 heteroatoms. The van der Waals surface area contributed by atoms with E-state index in [9.17, 15) is 0 Å². The van der Waals surface area contributed by atoms with Crippen LogP contribution in [0.15, 0.2) is 18.5 Å². The van der Waals surface area contributed by atoms with Crippen molar-refractivity contribution in [3.8, 4) is 0 Å². The number of rotatable bonds is 1. The van der Waals surface area contributed by atoms with Crippen molar-refractivity contribution >= 4 is 0 Å². The Kier molecular flexibility index (Phi) is 1.43. The summed E-state index contributed by atoms with van der Waals surface area (Å²) in [6, 6.07) is 2.56. The highest BCUT2D eigenvalue weighted by Gasteiger charge is 2.15. The van der Waals surface area contributed by atoms with E-state index in [-0.39, 0.29) is 0 Å². The quantitative estimate of drug-likeness (QED) is 0.608. The molecule has 0 saturated carbocycles. The zero-order chi connectivity index (χ0) is 6.81. The number of hydrogen-bond acceptors (Lipinski definition) is 2. The molecule has 3 nitrogen and oxygen atoms in total. The molecule has 1 aromatic heterocycles. The van der Waals surface area contributed by atoms with Crippen molar-refractivity contribution in [1.82, 2.24) is 15.1 Å². The Balaban J connectivity index is 2.12. The predicted octanol–water partition coefficient (Wildman–Crippen LogP) is 0.417. The van der Waals surface area contributed by atoms with Crippen LogP contribution in [0.4, 0.5) is 0 Å². The van der Waals surface area contributed by atoms with E-state index in [1.807, 2.05) is 23.1 Å². The van der Waals surface area contributed by atoms with Gasteiger partial charge in [-0.3, -0.25) is 4.68 Å². The lowest BCUT2D eigenvalue weighted by Crippen LogP contribution is -2.13. The predicted molar refractivity (Wildman–Crippen MR) is 38.8 cm³/mol. The third-order valence-corrected chi connectivity index (χ3v) is 1.93. The van der Waals surface area contributed by atoms with Crippen molar-refractivity contribution in [2.24, 2.45) is 0 Å². The number of nitrogens with zero attached hydrogens (tertiary/aromatic N) is 2. The monoisotopic (exact) mass is 137 g/mol. The van der Waals surface area contributed by atoms with E-state index >= 15 is 0 Å². The summed E-state index contributed by atoms with van der Waals surface area (Å²) in [6.45, 7) is 2.20. The Bertz CT molecular complexity index is 187. The molecular weight excluding hydrogens is 126 g/mol. The molecule has 1 N–H and O–H groups in total. The molecular formula is C7H11N3. The highest BCUT2D eigenvalue weighted by Crippen LogP contribution is 2.12. The third kappa shape index (κ3) is 0.926. The third-order valence-electron chi connectivity index (χ3n) is 1.93. The van der Waals surface area contributed by atoms with Crippen molar-refractivity contribution < 1.29 is 0 Å². The molecule has 1 aromatic rings. The lowest BCUT2D eigenvalue weighted by Gasteiger charge is -2.06. The van der Waals surface area contributed by atoms with Crippen LogP contribution in [0.2, 0.25) is 0 Å². The SMILES string of the molecule is c1cnn([C@@H]2CCNC2)c1. The van der Waals surface area contributed by atoms with Gasteiger partial charge in [0.15, 0.2) is 0 Å². The lowest BCUT2D eigenvalue weighted by atomic mass is 10.3. The average molecular weight is 137 g/mol. The largest absolute Gasteiger partial charge is 0.315 e. The van der Waals surface area contributed by atoms with Crippen LogP contribution in [-0.2, 0) is 0 Å². The number of hydrogen-bond donors (Lipinski definition) is 1. The summed E-state index contributed by atoms with van der Waals surface area (Å²) < 4.78 is 2.03. The van der Waals surface area contributed by atoms with Gasteiger partial charge < -0.3 is 5.32 Å². The molecule has 0 spiro atoms. The van der Waals surface area contributed by atoms with Crippen molar-refractivity contribution in [2.75, 3.05) is 13.1 Å². The summed E-state index contributed by atoms with van der Waals surface area (Å²) in [5.74, 6) is 0. The smallest absolute Gasteiger partial charge is 0.0655 e. The van der Waals surface area contributed by atoms with Crippen LogP contribution in [0.5, 0.6) is 0 Å². The van der Waals surface area contributed by atoms with Crippen LogP contribution < -0.4 is 5.32 Å². The molecule has 0 unspecified atom stereocenters. The molecule has 0 aromatic carbocycles. The van der Waals surface area contributed by atoms with Gasteiger partial charge in [-0.25, -0.2) is 0 Å². The number of nitrogens with one attached hydrogen (secondary N) is 1. The molecule has 1 aliphatic rings. The number of aromatic nitrogens is 2. The Labute approximate surface area is 60.0 Å². The molecule has 0 amide bonds. The van der Waals surface area contributed by atoms with Crippen LogP contribution in [0.3, 0.4) is 0 Å². The Morgan fingerprint density at radius 1 is 1.60 bits per heavy atom. The zero-order valence-corrected chi connectivity index (χ0v) is 5.83. The van der Waals surface area contributed by atoms with E-state index in [1.165, 1.54) is 6.42 Å².